The third kappa shape index (κ3) is 3.06. The Kier molecular flexibility index (Phi) is 5.40. The highest BCUT2D eigenvalue weighted by Gasteiger charge is 2.21. The van der Waals surface area contributed by atoms with E-state index in [4.69, 9.17) is 21.6 Å². The lowest BCUT2D eigenvalue weighted by atomic mass is 10.1. The lowest BCUT2D eigenvalue weighted by Gasteiger charge is -2.15. The van der Waals surface area contributed by atoms with E-state index in [1.54, 1.807) is 13.8 Å². The number of hydrogen-bond acceptors (Lipinski definition) is 3. The summed E-state index contributed by atoms with van der Waals surface area (Å²) in [7, 11) is 0. The molecular formula is C8H10ClNO2. The minimum atomic E-state index is -0.640. The first-order valence-corrected chi connectivity index (χ1v) is 3.96. The maximum atomic E-state index is 10.2. The lowest BCUT2D eigenvalue weighted by Crippen LogP contribution is -2.21. The summed E-state index contributed by atoms with van der Waals surface area (Å²) in [4.78, 5) is 10.2. The number of hydrogen-bond donors (Lipinski definition) is 0. The molecule has 66 valence electrons. The summed E-state index contributed by atoms with van der Waals surface area (Å²) in [6.07, 6.45) is -0.640. The van der Waals surface area contributed by atoms with E-state index < -0.39 is 12.0 Å². The summed E-state index contributed by atoms with van der Waals surface area (Å²) < 4.78 is 5.09. The van der Waals surface area contributed by atoms with Gasteiger partial charge in [-0.2, -0.15) is 5.26 Å². The molecule has 0 heterocycles. The van der Waals surface area contributed by atoms with Crippen LogP contribution in [-0.2, 0) is 9.53 Å². The Bertz CT molecular complexity index is 228. The molecule has 0 fully saturated rings. The lowest BCUT2D eigenvalue weighted by molar-refractivity contribution is 0.0722. The first kappa shape index (κ1) is 11.2. The van der Waals surface area contributed by atoms with Crippen LogP contribution in [0.3, 0.4) is 0 Å². The molecule has 0 aromatic heterocycles. The topological polar surface area (TPSA) is 50.1 Å². The van der Waals surface area contributed by atoms with Crippen molar-refractivity contribution in [1.29, 1.82) is 5.26 Å². The van der Waals surface area contributed by atoms with Gasteiger partial charge in [0.2, 0.25) is 0 Å². The SMILES string of the molecule is CCOC(C(Cl)=C=O)C(C)C#N. The Morgan fingerprint density at radius 1 is 1.75 bits per heavy atom. The van der Waals surface area contributed by atoms with Crippen LogP contribution in [0.25, 0.3) is 0 Å². The van der Waals surface area contributed by atoms with Crippen LogP contribution in [0.5, 0.6) is 0 Å². The largest absolute Gasteiger partial charge is 0.371 e. The van der Waals surface area contributed by atoms with Crippen LogP contribution >= 0.6 is 11.6 Å². The molecule has 0 aromatic rings. The Hall–Kier alpha value is -0.810. The quantitative estimate of drug-likeness (QED) is 0.627. The number of nitriles is 1. The van der Waals surface area contributed by atoms with Crippen molar-refractivity contribution in [2.75, 3.05) is 6.61 Å². The zero-order valence-corrected chi connectivity index (χ0v) is 7.76. The summed E-state index contributed by atoms with van der Waals surface area (Å²) in [6, 6.07) is 1.96. The van der Waals surface area contributed by atoms with Gasteiger partial charge in [0.15, 0.2) is 0 Å². The normalized spacial score (nSPS) is 14.2. The molecule has 0 bridgehead atoms. The Balaban J connectivity index is 4.45. The van der Waals surface area contributed by atoms with Gasteiger partial charge in [0.1, 0.15) is 17.1 Å². The van der Waals surface area contributed by atoms with Crippen molar-refractivity contribution < 1.29 is 9.53 Å². The molecule has 0 saturated heterocycles. The minimum absolute atomic E-state index is 0.0779. The van der Waals surface area contributed by atoms with E-state index in [1.165, 1.54) is 5.94 Å². The summed E-state index contributed by atoms with van der Waals surface area (Å²) >= 11 is 5.50. The van der Waals surface area contributed by atoms with Crippen LogP contribution in [0.4, 0.5) is 0 Å². The zero-order valence-electron chi connectivity index (χ0n) is 7.00. The van der Waals surface area contributed by atoms with Gasteiger partial charge in [-0.1, -0.05) is 11.6 Å². The van der Waals surface area contributed by atoms with Crippen LogP contribution in [0.1, 0.15) is 13.8 Å². The maximum Gasteiger partial charge on any atom is 0.143 e. The first-order valence-electron chi connectivity index (χ1n) is 3.59. The second kappa shape index (κ2) is 5.79. The van der Waals surface area contributed by atoms with Crippen LogP contribution in [0.15, 0.2) is 5.03 Å². The molecule has 0 N–H and O–H groups in total. The van der Waals surface area contributed by atoms with Crippen LogP contribution in [0, 0.1) is 17.2 Å². The molecule has 0 amide bonds. The van der Waals surface area contributed by atoms with E-state index >= 15 is 0 Å². The van der Waals surface area contributed by atoms with E-state index in [2.05, 4.69) is 0 Å². The summed E-state index contributed by atoms with van der Waals surface area (Å²) in [6.45, 7) is 3.82. The third-order valence-electron chi connectivity index (χ3n) is 1.35. The second-order valence-corrected chi connectivity index (χ2v) is 2.65. The predicted octanol–water partition coefficient (Wildman–Crippen LogP) is 1.51. The van der Waals surface area contributed by atoms with Gasteiger partial charge in [-0.15, -0.1) is 0 Å². The molecule has 0 aliphatic carbocycles. The van der Waals surface area contributed by atoms with Gasteiger partial charge in [-0.05, 0) is 13.8 Å². The number of rotatable bonds is 4. The Labute approximate surface area is 76.6 Å². The second-order valence-electron chi connectivity index (χ2n) is 2.24. The molecule has 2 unspecified atom stereocenters. The third-order valence-corrected chi connectivity index (χ3v) is 1.64. The summed E-state index contributed by atoms with van der Waals surface area (Å²) in [5.41, 5.74) is 0. The average molecular weight is 188 g/mol. The smallest absolute Gasteiger partial charge is 0.143 e. The number of ether oxygens (including phenoxy) is 1. The molecule has 12 heavy (non-hydrogen) atoms. The van der Waals surface area contributed by atoms with E-state index in [1.807, 2.05) is 6.07 Å². The van der Waals surface area contributed by atoms with Crippen molar-refractivity contribution >= 4 is 17.5 Å². The highest BCUT2D eigenvalue weighted by molar-refractivity contribution is 6.33. The fourth-order valence-corrected chi connectivity index (χ4v) is 0.994. The fraction of sp³-hybridized carbons (Fsp3) is 0.625. The van der Waals surface area contributed by atoms with Gasteiger partial charge in [-0.3, -0.25) is 0 Å². The molecule has 0 saturated carbocycles. The molecule has 0 aliphatic heterocycles. The van der Waals surface area contributed by atoms with Gasteiger partial charge in [-0.25, -0.2) is 4.79 Å². The number of carbonyl (C=O) groups excluding carboxylic acids is 1. The van der Waals surface area contributed by atoms with E-state index in [9.17, 15) is 4.79 Å². The molecule has 0 rings (SSSR count). The van der Waals surface area contributed by atoms with Crippen molar-refractivity contribution in [2.24, 2.45) is 5.92 Å². The molecule has 3 nitrogen and oxygen atoms in total. The Morgan fingerprint density at radius 2 is 2.33 bits per heavy atom. The average Bonchev–Trinajstić information content (AvgIpc) is 2.11. The van der Waals surface area contributed by atoms with Crippen molar-refractivity contribution in [3.63, 3.8) is 0 Å². The highest BCUT2D eigenvalue weighted by atomic mass is 35.5. The molecule has 0 radical (unpaired) electrons. The summed E-state index contributed by atoms with van der Waals surface area (Å²) in [5.74, 6) is 1.09. The molecule has 2 atom stereocenters. The van der Waals surface area contributed by atoms with Crippen LogP contribution in [-0.4, -0.2) is 18.7 Å². The van der Waals surface area contributed by atoms with Crippen LogP contribution in [0.2, 0.25) is 0 Å². The van der Waals surface area contributed by atoms with Gasteiger partial charge in [0, 0.05) is 6.61 Å². The zero-order chi connectivity index (χ0) is 9.56. The monoisotopic (exact) mass is 187 g/mol. The maximum absolute atomic E-state index is 10.2. The van der Waals surface area contributed by atoms with E-state index in [0.717, 1.165) is 0 Å². The standard InChI is InChI=1S/C8H10ClNO2/c1-3-12-8(6(2)4-10)7(9)5-11/h6,8H,3H2,1-2H3. The summed E-state index contributed by atoms with van der Waals surface area (Å²) in [5, 5.41) is 8.47. The van der Waals surface area contributed by atoms with Gasteiger partial charge in [0.25, 0.3) is 0 Å². The van der Waals surface area contributed by atoms with Gasteiger partial charge < -0.3 is 4.74 Å². The molecule has 4 heteroatoms. The fourth-order valence-electron chi connectivity index (χ4n) is 0.742. The molecule has 0 aliphatic rings. The van der Waals surface area contributed by atoms with Crippen LogP contribution < -0.4 is 0 Å². The van der Waals surface area contributed by atoms with Crippen molar-refractivity contribution in [3.05, 3.63) is 5.03 Å². The molecule has 0 aromatic carbocycles. The van der Waals surface area contributed by atoms with Crippen molar-refractivity contribution in [1.82, 2.24) is 0 Å². The van der Waals surface area contributed by atoms with Crippen molar-refractivity contribution in [3.8, 4) is 6.07 Å². The number of nitrogens with zero attached hydrogens (tertiary/aromatic N) is 1. The van der Waals surface area contributed by atoms with Gasteiger partial charge in [0.05, 0.1) is 12.0 Å². The van der Waals surface area contributed by atoms with E-state index in [0.29, 0.717) is 6.61 Å². The number of halogens is 1. The predicted molar refractivity (Wildman–Crippen MR) is 45.3 cm³/mol. The highest BCUT2D eigenvalue weighted by Crippen LogP contribution is 2.16. The minimum Gasteiger partial charge on any atom is -0.371 e. The first-order chi connectivity index (χ1) is 5.67. The van der Waals surface area contributed by atoms with Crippen molar-refractivity contribution in [2.45, 2.75) is 20.0 Å². The Morgan fingerprint density at radius 3 is 2.67 bits per heavy atom. The van der Waals surface area contributed by atoms with Gasteiger partial charge >= 0.3 is 0 Å². The van der Waals surface area contributed by atoms with E-state index in [-0.39, 0.29) is 5.03 Å². The molecular weight excluding hydrogens is 178 g/mol. The molecule has 0 spiro atoms.